The topological polar surface area (TPSA) is 69.3 Å². The zero-order valence-electron chi connectivity index (χ0n) is 17.8. The Kier molecular flexibility index (Phi) is 5.70. The van der Waals surface area contributed by atoms with Crippen LogP contribution in [-0.4, -0.2) is 40.0 Å². The van der Waals surface area contributed by atoms with Gasteiger partial charge in [0.05, 0.1) is 18.2 Å². The van der Waals surface area contributed by atoms with E-state index in [4.69, 9.17) is 11.6 Å². The summed E-state index contributed by atoms with van der Waals surface area (Å²) in [6.45, 7) is 1.35. The largest absolute Gasteiger partial charge is 0.334 e. The van der Waals surface area contributed by atoms with Gasteiger partial charge in [0.2, 0.25) is 5.91 Å². The van der Waals surface area contributed by atoms with Crippen molar-refractivity contribution in [3.63, 3.8) is 0 Å². The fourth-order valence-corrected chi connectivity index (χ4v) is 4.97. The monoisotopic (exact) mass is 448 g/mol. The minimum Gasteiger partial charge on any atom is -0.334 e. The van der Waals surface area contributed by atoms with Gasteiger partial charge in [0.25, 0.3) is 5.91 Å². The van der Waals surface area contributed by atoms with E-state index in [1.807, 2.05) is 47.4 Å². The maximum absolute atomic E-state index is 13.1. The summed E-state index contributed by atoms with van der Waals surface area (Å²) in [5, 5.41) is 7.98. The van der Waals surface area contributed by atoms with E-state index in [2.05, 4.69) is 16.3 Å². The number of nitrogens with one attached hydrogen (secondary N) is 1. The number of halogens is 1. The first-order valence-corrected chi connectivity index (χ1v) is 11.5. The Labute approximate surface area is 192 Å². The average molecular weight is 449 g/mol. The van der Waals surface area contributed by atoms with Gasteiger partial charge in [-0.2, -0.15) is 5.10 Å². The Morgan fingerprint density at radius 3 is 2.75 bits per heavy atom. The molecule has 1 N–H and O–H groups in total. The normalized spacial score (nSPS) is 18.0. The Bertz CT molecular complexity index is 1160. The highest BCUT2D eigenvalue weighted by molar-refractivity contribution is 6.31. The van der Waals surface area contributed by atoms with Gasteiger partial charge in [-0.15, -0.1) is 0 Å². The Morgan fingerprint density at radius 1 is 1.06 bits per heavy atom. The van der Waals surface area contributed by atoms with Crippen LogP contribution in [0.3, 0.4) is 0 Å². The molecule has 3 aromatic rings. The Balaban J connectivity index is 1.34. The fraction of sp³-hybridized carbons (Fsp3) is 0.320. The Morgan fingerprint density at radius 2 is 1.88 bits per heavy atom. The van der Waals surface area contributed by atoms with Crippen LogP contribution < -0.4 is 4.90 Å². The van der Waals surface area contributed by atoms with Gasteiger partial charge in [0, 0.05) is 23.8 Å². The molecule has 3 heterocycles. The number of likely N-dealkylation sites (tertiary alicyclic amines) is 1. The maximum atomic E-state index is 13.1. The van der Waals surface area contributed by atoms with E-state index in [1.54, 1.807) is 11.0 Å². The molecule has 7 heteroatoms. The summed E-state index contributed by atoms with van der Waals surface area (Å²) in [5.41, 5.74) is 4.17. The smallest absolute Gasteiger partial charge is 0.278 e. The van der Waals surface area contributed by atoms with Crippen molar-refractivity contribution >= 4 is 29.1 Å². The van der Waals surface area contributed by atoms with Gasteiger partial charge in [-0.25, -0.2) is 0 Å². The summed E-state index contributed by atoms with van der Waals surface area (Å²) in [6, 6.07) is 17.1. The van der Waals surface area contributed by atoms with Crippen molar-refractivity contribution in [2.75, 3.05) is 18.0 Å². The molecule has 0 saturated carbocycles. The van der Waals surface area contributed by atoms with Gasteiger partial charge in [0.1, 0.15) is 0 Å². The zero-order chi connectivity index (χ0) is 22.1. The number of anilines is 1. The number of carbonyl (C=O) groups excluding carboxylic acids is 2. The summed E-state index contributed by atoms with van der Waals surface area (Å²) < 4.78 is 0. The number of rotatable bonds is 4. The summed E-state index contributed by atoms with van der Waals surface area (Å²) in [5.74, 6) is -0.0686. The number of hydrogen-bond donors (Lipinski definition) is 1. The molecular weight excluding hydrogens is 424 g/mol. The van der Waals surface area contributed by atoms with E-state index in [0.29, 0.717) is 23.8 Å². The van der Waals surface area contributed by atoms with E-state index in [1.165, 1.54) is 5.56 Å². The van der Waals surface area contributed by atoms with Gasteiger partial charge >= 0.3 is 0 Å². The van der Waals surface area contributed by atoms with Crippen LogP contribution in [0.25, 0.3) is 0 Å². The highest BCUT2D eigenvalue weighted by Gasteiger charge is 2.32. The minimum atomic E-state index is -0.112. The molecule has 1 fully saturated rings. The lowest BCUT2D eigenvalue weighted by Gasteiger charge is -2.35. The molecule has 0 radical (unpaired) electrons. The highest BCUT2D eigenvalue weighted by atomic mass is 35.5. The fourth-order valence-electron chi connectivity index (χ4n) is 4.76. The standard InChI is InChI=1S/C25H25ClN4O2/c26-19-9-3-1-8-18(19)15-24(31)29-13-6-5-11-23(29)20-16-21(28-27-20)25(32)30-14-12-17-7-2-4-10-22(17)30/h1-4,7-10,16,23H,5-6,11-15H2,(H,27,28). The van der Waals surface area contributed by atoms with Crippen molar-refractivity contribution in [2.24, 2.45) is 0 Å². The van der Waals surface area contributed by atoms with Crippen molar-refractivity contribution in [1.29, 1.82) is 0 Å². The van der Waals surface area contributed by atoms with Crippen LogP contribution >= 0.6 is 11.6 Å². The lowest BCUT2D eigenvalue weighted by atomic mass is 9.98. The van der Waals surface area contributed by atoms with Gasteiger partial charge in [0.15, 0.2) is 5.69 Å². The molecular formula is C25H25ClN4O2. The Hall–Kier alpha value is -3.12. The third-order valence-electron chi connectivity index (χ3n) is 6.43. The summed E-state index contributed by atoms with van der Waals surface area (Å²) >= 11 is 6.27. The molecule has 2 aliphatic heterocycles. The van der Waals surface area contributed by atoms with Crippen molar-refractivity contribution in [3.05, 3.63) is 82.1 Å². The molecule has 164 valence electrons. The first kappa shape index (κ1) is 20.8. The summed E-state index contributed by atoms with van der Waals surface area (Å²) in [4.78, 5) is 30.0. The number of H-pyrrole nitrogens is 1. The number of aromatic amines is 1. The van der Waals surface area contributed by atoms with E-state index in [9.17, 15) is 9.59 Å². The number of benzene rings is 2. The van der Waals surface area contributed by atoms with Crippen molar-refractivity contribution in [3.8, 4) is 0 Å². The third-order valence-corrected chi connectivity index (χ3v) is 6.80. The van der Waals surface area contributed by atoms with Crippen LogP contribution in [-0.2, 0) is 17.6 Å². The van der Waals surface area contributed by atoms with E-state index < -0.39 is 0 Å². The lowest BCUT2D eigenvalue weighted by Crippen LogP contribution is -2.39. The molecule has 5 rings (SSSR count). The van der Waals surface area contributed by atoms with Crippen molar-refractivity contribution < 1.29 is 9.59 Å². The second-order valence-electron chi connectivity index (χ2n) is 8.41. The first-order chi connectivity index (χ1) is 15.6. The molecule has 6 nitrogen and oxygen atoms in total. The molecule has 2 aliphatic rings. The molecule has 0 spiro atoms. The third kappa shape index (κ3) is 3.91. The van der Waals surface area contributed by atoms with Crippen molar-refractivity contribution in [1.82, 2.24) is 15.1 Å². The van der Waals surface area contributed by atoms with E-state index >= 15 is 0 Å². The molecule has 1 aromatic heterocycles. The predicted octanol–water partition coefficient (Wildman–Crippen LogP) is 4.56. The predicted molar refractivity (Wildman–Crippen MR) is 124 cm³/mol. The summed E-state index contributed by atoms with van der Waals surface area (Å²) in [6.07, 6.45) is 3.96. The molecule has 32 heavy (non-hydrogen) atoms. The van der Waals surface area contributed by atoms with Gasteiger partial charge < -0.3 is 9.80 Å². The number of fused-ring (bicyclic) bond motifs is 1. The van der Waals surface area contributed by atoms with E-state index in [-0.39, 0.29) is 24.3 Å². The number of amides is 2. The molecule has 0 aliphatic carbocycles. The lowest BCUT2D eigenvalue weighted by molar-refractivity contribution is -0.134. The maximum Gasteiger partial charge on any atom is 0.278 e. The number of para-hydroxylation sites is 1. The zero-order valence-corrected chi connectivity index (χ0v) is 18.5. The summed E-state index contributed by atoms with van der Waals surface area (Å²) in [7, 11) is 0. The quantitative estimate of drug-likeness (QED) is 0.636. The van der Waals surface area contributed by atoms with Crippen LogP contribution in [0.4, 0.5) is 5.69 Å². The van der Waals surface area contributed by atoms with Gasteiger partial charge in [-0.05, 0) is 55.0 Å². The first-order valence-electron chi connectivity index (χ1n) is 11.1. The minimum absolute atomic E-state index is 0.0405. The molecule has 1 unspecified atom stereocenters. The number of nitrogens with zero attached hydrogens (tertiary/aromatic N) is 3. The number of hydrogen-bond acceptors (Lipinski definition) is 3. The molecule has 1 atom stereocenters. The van der Waals surface area contributed by atoms with E-state index in [0.717, 1.165) is 42.6 Å². The van der Waals surface area contributed by atoms with Gasteiger partial charge in [-0.3, -0.25) is 14.7 Å². The van der Waals surface area contributed by atoms with Crippen LogP contribution in [0.1, 0.15) is 52.6 Å². The second-order valence-corrected chi connectivity index (χ2v) is 8.82. The van der Waals surface area contributed by atoms with Crippen LogP contribution in [0.2, 0.25) is 5.02 Å². The van der Waals surface area contributed by atoms with Crippen LogP contribution in [0, 0.1) is 0 Å². The second kappa shape index (κ2) is 8.79. The number of carbonyl (C=O) groups is 2. The van der Waals surface area contributed by atoms with Gasteiger partial charge in [-0.1, -0.05) is 48.0 Å². The average Bonchev–Trinajstić information content (AvgIpc) is 3.48. The number of aromatic nitrogens is 2. The molecule has 1 saturated heterocycles. The van der Waals surface area contributed by atoms with Crippen LogP contribution in [0.15, 0.2) is 54.6 Å². The molecule has 2 amide bonds. The molecule has 0 bridgehead atoms. The van der Waals surface area contributed by atoms with Crippen LogP contribution in [0.5, 0.6) is 0 Å². The highest BCUT2D eigenvalue weighted by Crippen LogP contribution is 2.33. The molecule has 2 aromatic carbocycles. The number of piperidine rings is 1. The SMILES string of the molecule is O=C(c1cc(C2CCCCN2C(=O)Cc2ccccc2Cl)[nH]n1)N1CCc2ccccc21. The van der Waals surface area contributed by atoms with Crippen molar-refractivity contribution in [2.45, 2.75) is 38.1 Å².